The maximum absolute atomic E-state index is 12.7. The molecule has 0 aliphatic carbocycles. The lowest BCUT2D eigenvalue weighted by Crippen LogP contribution is -2.50. The molecule has 1 amide bonds. The largest absolute Gasteiger partial charge is 0.495 e. The van der Waals surface area contributed by atoms with Crippen LogP contribution < -0.4 is 9.46 Å². The van der Waals surface area contributed by atoms with Crippen LogP contribution in [0.3, 0.4) is 0 Å². The zero-order valence-corrected chi connectivity index (χ0v) is 15.7. The van der Waals surface area contributed by atoms with E-state index in [0.29, 0.717) is 36.2 Å². The summed E-state index contributed by atoms with van der Waals surface area (Å²) in [5.74, 6) is 0.255. The van der Waals surface area contributed by atoms with Crippen molar-refractivity contribution in [2.24, 2.45) is 0 Å². The molecule has 3 rings (SSSR count). The Morgan fingerprint density at radius 3 is 2.69 bits per heavy atom. The summed E-state index contributed by atoms with van der Waals surface area (Å²) in [6.45, 7) is 4.79. The minimum Gasteiger partial charge on any atom is -0.495 e. The number of carbonyl (C=O) groups excluding carboxylic acids is 1. The molecule has 1 N–H and O–H groups in total. The van der Waals surface area contributed by atoms with Gasteiger partial charge in [0, 0.05) is 44.9 Å². The summed E-state index contributed by atoms with van der Waals surface area (Å²) in [4.78, 5) is 16.9. The van der Waals surface area contributed by atoms with Crippen LogP contribution >= 0.6 is 0 Å². The molecule has 0 spiro atoms. The molecule has 1 atom stereocenters. The first-order chi connectivity index (χ1) is 12.6. The minimum atomic E-state index is -2.79. The highest BCUT2D eigenvalue weighted by Gasteiger charge is 2.25. The number of nitrogens with one attached hydrogen (secondary N) is 1. The summed E-state index contributed by atoms with van der Waals surface area (Å²) in [5, 5.41) is 0. The Bertz CT molecular complexity index is 702. The highest BCUT2D eigenvalue weighted by molar-refractivity contribution is 7.73. The lowest BCUT2D eigenvalue weighted by Gasteiger charge is -2.35. The van der Waals surface area contributed by atoms with E-state index >= 15 is 0 Å². The van der Waals surface area contributed by atoms with E-state index in [0.717, 1.165) is 39.1 Å². The van der Waals surface area contributed by atoms with Crippen LogP contribution in [0.4, 0.5) is 5.69 Å². The van der Waals surface area contributed by atoms with E-state index in [1.807, 2.05) is 4.90 Å². The van der Waals surface area contributed by atoms with Gasteiger partial charge in [-0.1, -0.05) is 0 Å². The number of rotatable bonds is 6. The summed E-state index contributed by atoms with van der Waals surface area (Å²) in [6, 6.07) is 4.73. The molecule has 0 bridgehead atoms. The topological polar surface area (TPSA) is 88.2 Å². The second kappa shape index (κ2) is 8.70. The number of hydrogen-bond acceptors (Lipinski definition) is 6. The molecule has 0 saturated carbocycles. The number of anilines is 1. The van der Waals surface area contributed by atoms with E-state index in [9.17, 15) is 13.2 Å². The molecule has 2 aliphatic rings. The minimum absolute atomic E-state index is 0.0712. The SMILES string of the molecule is COc1cc(C(=O)N2CCN(CC3CCCO3)CC2)ccc1N[SH](=O)=O. The van der Waals surface area contributed by atoms with E-state index in [4.69, 9.17) is 9.47 Å². The molecule has 2 heterocycles. The van der Waals surface area contributed by atoms with Crippen LogP contribution in [0.15, 0.2) is 18.2 Å². The molecular formula is C17H25N3O5S. The third-order valence-electron chi connectivity index (χ3n) is 4.81. The predicted octanol–water partition coefficient (Wildman–Crippen LogP) is 0.570. The molecule has 1 aromatic rings. The van der Waals surface area contributed by atoms with Crippen molar-refractivity contribution in [2.45, 2.75) is 18.9 Å². The van der Waals surface area contributed by atoms with Gasteiger partial charge >= 0.3 is 0 Å². The Morgan fingerprint density at radius 1 is 1.31 bits per heavy atom. The lowest BCUT2D eigenvalue weighted by atomic mass is 10.1. The zero-order chi connectivity index (χ0) is 18.5. The first-order valence-electron chi connectivity index (χ1n) is 8.79. The van der Waals surface area contributed by atoms with Gasteiger partial charge in [-0.15, -0.1) is 0 Å². The number of carbonyl (C=O) groups is 1. The smallest absolute Gasteiger partial charge is 0.254 e. The van der Waals surface area contributed by atoms with Crippen molar-refractivity contribution in [1.29, 1.82) is 0 Å². The molecule has 1 aromatic carbocycles. The van der Waals surface area contributed by atoms with Crippen LogP contribution in [-0.4, -0.2) is 76.7 Å². The van der Waals surface area contributed by atoms with Crippen LogP contribution in [0.2, 0.25) is 0 Å². The molecule has 2 fully saturated rings. The number of methoxy groups -OCH3 is 1. The summed E-state index contributed by atoms with van der Waals surface area (Å²) in [7, 11) is -1.35. The van der Waals surface area contributed by atoms with Crippen molar-refractivity contribution >= 4 is 22.5 Å². The van der Waals surface area contributed by atoms with E-state index in [-0.39, 0.29) is 5.91 Å². The first kappa shape index (κ1) is 18.9. The second-order valence-electron chi connectivity index (χ2n) is 6.51. The van der Waals surface area contributed by atoms with Gasteiger partial charge in [-0.25, -0.2) is 8.42 Å². The van der Waals surface area contributed by atoms with Gasteiger partial charge in [0.1, 0.15) is 5.75 Å². The Hall–Kier alpha value is -1.84. The Kier molecular flexibility index (Phi) is 6.33. The summed E-state index contributed by atoms with van der Waals surface area (Å²) in [5.41, 5.74) is 0.808. The van der Waals surface area contributed by atoms with E-state index in [2.05, 4.69) is 9.62 Å². The zero-order valence-electron chi connectivity index (χ0n) is 14.8. The number of ether oxygens (including phenoxy) is 2. The number of nitrogens with zero attached hydrogens (tertiary/aromatic N) is 2. The predicted molar refractivity (Wildman–Crippen MR) is 98.2 cm³/mol. The van der Waals surface area contributed by atoms with Crippen molar-refractivity contribution in [3.8, 4) is 5.75 Å². The second-order valence-corrected chi connectivity index (χ2v) is 7.25. The van der Waals surface area contributed by atoms with Crippen LogP contribution in [0.5, 0.6) is 5.75 Å². The van der Waals surface area contributed by atoms with Gasteiger partial charge < -0.3 is 14.4 Å². The van der Waals surface area contributed by atoms with Crippen molar-refractivity contribution in [3.05, 3.63) is 23.8 Å². The Balaban J connectivity index is 1.59. The van der Waals surface area contributed by atoms with Crippen molar-refractivity contribution in [3.63, 3.8) is 0 Å². The normalized spacial score (nSPS) is 21.2. The molecule has 2 saturated heterocycles. The molecular weight excluding hydrogens is 358 g/mol. The molecule has 0 aromatic heterocycles. The van der Waals surface area contributed by atoms with Crippen LogP contribution in [0, 0.1) is 0 Å². The van der Waals surface area contributed by atoms with E-state index in [1.165, 1.54) is 7.11 Å². The fraction of sp³-hybridized carbons (Fsp3) is 0.588. The van der Waals surface area contributed by atoms with Gasteiger partial charge in [0.25, 0.3) is 5.91 Å². The number of piperazine rings is 1. The Morgan fingerprint density at radius 2 is 2.08 bits per heavy atom. The van der Waals surface area contributed by atoms with Gasteiger partial charge in [-0.05, 0) is 31.0 Å². The highest BCUT2D eigenvalue weighted by Crippen LogP contribution is 2.26. The molecule has 144 valence electrons. The average Bonchev–Trinajstić information content (AvgIpc) is 3.14. The van der Waals surface area contributed by atoms with Gasteiger partial charge in [0.15, 0.2) is 0 Å². The maximum Gasteiger partial charge on any atom is 0.254 e. The Labute approximate surface area is 155 Å². The number of amides is 1. The third-order valence-corrected chi connectivity index (χ3v) is 5.23. The average molecular weight is 383 g/mol. The molecule has 0 radical (unpaired) electrons. The van der Waals surface area contributed by atoms with Gasteiger partial charge in [-0.3, -0.25) is 14.4 Å². The number of benzene rings is 1. The molecule has 2 aliphatic heterocycles. The molecule has 1 unspecified atom stereocenters. The van der Waals surface area contributed by atoms with Gasteiger partial charge in [0.2, 0.25) is 10.9 Å². The van der Waals surface area contributed by atoms with E-state index in [1.54, 1.807) is 18.2 Å². The lowest BCUT2D eigenvalue weighted by molar-refractivity contribution is 0.0432. The molecule has 9 heteroatoms. The summed E-state index contributed by atoms with van der Waals surface area (Å²) < 4.78 is 34.8. The number of thiol groups is 1. The van der Waals surface area contributed by atoms with Gasteiger partial charge in [0.05, 0.1) is 18.9 Å². The third kappa shape index (κ3) is 4.66. The summed E-state index contributed by atoms with van der Waals surface area (Å²) in [6.07, 6.45) is 2.58. The van der Waals surface area contributed by atoms with Crippen molar-refractivity contribution in [2.75, 3.05) is 51.2 Å². The molecule has 26 heavy (non-hydrogen) atoms. The molecule has 8 nitrogen and oxygen atoms in total. The quantitative estimate of drug-likeness (QED) is 0.699. The standard InChI is InChI=1S/C17H25N3O5S/c1-24-16-11-13(4-5-15(16)18-26(22)23)17(21)20-8-6-19(7-9-20)12-14-3-2-10-25-14/h4-5,11,14,26H,2-3,6-10,12H2,1H3,(H,18,22,23). The first-order valence-corrected chi connectivity index (χ1v) is 9.97. The summed E-state index contributed by atoms with van der Waals surface area (Å²) >= 11 is 0. The maximum atomic E-state index is 12.7. The van der Waals surface area contributed by atoms with Gasteiger partial charge in [-0.2, -0.15) is 0 Å². The highest BCUT2D eigenvalue weighted by atomic mass is 32.2. The van der Waals surface area contributed by atoms with Crippen LogP contribution in [-0.2, 0) is 15.6 Å². The van der Waals surface area contributed by atoms with Crippen molar-refractivity contribution in [1.82, 2.24) is 9.80 Å². The van der Waals surface area contributed by atoms with E-state index < -0.39 is 10.9 Å². The fourth-order valence-electron chi connectivity index (χ4n) is 3.41. The monoisotopic (exact) mass is 383 g/mol. The fourth-order valence-corrected chi connectivity index (χ4v) is 3.79. The van der Waals surface area contributed by atoms with Crippen molar-refractivity contribution < 1.29 is 22.7 Å². The van der Waals surface area contributed by atoms with Crippen LogP contribution in [0.25, 0.3) is 0 Å². The number of hydrogen-bond donors (Lipinski definition) is 2. The van der Waals surface area contributed by atoms with Crippen LogP contribution in [0.1, 0.15) is 23.2 Å².